The standard InChI is InChI=1S/C26H31N3O5/c1-4-15-27-24(31)18(2)29(17-19-11-13-20(34-3)14-12-19)23(30)10-7-16-28-25(32)21-8-5-6-9-22(21)26(28)33/h5-6,8-9,11-14,18H,4,7,10,15-17H2,1-3H3,(H,27,31)/t18-/m0/s1. The average molecular weight is 466 g/mol. The van der Waals surface area contributed by atoms with Crippen molar-refractivity contribution in [3.8, 4) is 5.75 Å². The van der Waals surface area contributed by atoms with Crippen molar-refractivity contribution in [1.29, 1.82) is 0 Å². The fourth-order valence-electron chi connectivity index (χ4n) is 3.88. The molecular formula is C26H31N3O5. The number of rotatable bonds is 11. The van der Waals surface area contributed by atoms with Gasteiger partial charge >= 0.3 is 0 Å². The molecule has 0 unspecified atom stereocenters. The summed E-state index contributed by atoms with van der Waals surface area (Å²) in [5.74, 6) is -0.405. The fraction of sp³-hybridized carbons (Fsp3) is 0.385. The van der Waals surface area contributed by atoms with Crippen LogP contribution < -0.4 is 10.1 Å². The first-order chi connectivity index (χ1) is 16.4. The number of amides is 4. The molecule has 2 aromatic rings. The minimum atomic E-state index is -0.666. The second-order valence-electron chi connectivity index (χ2n) is 8.25. The van der Waals surface area contributed by atoms with Crippen molar-refractivity contribution < 1.29 is 23.9 Å². The van der Waals surface area contributed by atoms with Gasteiger partial charge in [0.25, 0.3) is 11.8 Å². The monoisotopic (exact) mass is 465 g/mol. The Balaban J connectivity index is 1.66. The topological polar surface area (TPSA) is 96.0 Å². The van der Waals surface area contributed by atoms with Gasteiger partial charge in [-0.05, 0) is 49.6 Å². The Morgan fingerprint density at radius 1 is 1.03 bits per heavy atom. The van der Waals surface area contributed by atoms with Crippen LogP contribution in [0.4, 0.5) is 0 Å². The third kappa shape index (κ3) is 5.62. The van der Waals surface area contributed by atoms with Gasteiger partial charge in [-0.2, -0.15) is 0 Å². The van der Waals surface area contributed by atoms with Crippen LogP contribution in [-0.2, 0) is 16.1 Å². The van der Waals surface area contributed by atoms with Crippen LogP contribution in [0.1, 0.15) is 59.4 Å². The molecule has 1 aliphatic heterocycles. The van der Waals surface area contributed by atoms with Gasteiger partial charge in [-0.1, -0.05) is 31.2 Å². The van der Waals surface area contributed by atoms with E-state index < -0.39 is 6.04 Å². The highest BCUT2D eigenvalue weighted by atomic mass is 16.5. The molecule has 1 heterocycles. The van der Waals surface area contributed by atoms with Crippen molar-refractivity contribution >= 4 is 23.6 Å². The quantitative estimate of drug-likeness (QED) is 0.515. The molecule has 0 bridgehead atoms. The van der Waals surface area contributed by atoms with Gasteiger partial charge in [0.15, 0.2) is 0 Å². The number of hydrogen-bond acceptors (Lipinski definition) is 5. The number of fused-ring (bicyclic) bond motifs is 1. The molecule has 0 saturated heterocycles. The van der Waals surface area contributed by atoms with Crippen molar-refractivity contribution in [2.75, 3.05) is 20.2 Å². The van der Waals surface area contributed by atoms with E-state index in [1.807, 2.05) is 31.2 Å². The highest BCUT2D eigenvalue weighted by Crippen LogP contribution is 2.23. The Morgan fingerprint density at radius 2 is 1.65 bits per heavy atom. The molecule has 4 amide bonds. The number of imide groups is 1. The number of benzene rings is 2. The summed E-state index contributed by atoms with van der Waals surface area (Å²) in [4.78, 5) is 53.6. The molecule has 8 nitrogen and oxygen atoms in total. The second kappa shape index (κ2) is 11.4. The molecule has 0 saturated carbocycles. The van der Waals surface area contributed by atoms with E-state index in [0.717, 1.165) is 12.0 Å². The molecule has 0 radical (unpaired) electrons. The van der Waals surface area contributed by atoms with Crippen LogP contribution in [0.15, 0.2) is 48.5 Å². The van der Waals surface area contributed by atoms with E-state index in [1.165, 1.54) is 9.80 Å². The van der Waals surface area contributed by atoms with Gasteiger partial charge in [0.05, 0.1) is 18.2 Å². The molecule has 1 atom stereocenters. The van der Waals surface area contributed by atoms with E-state index >= 15 is 0 Å². The number of carbonyl (C=O) groups is 4. The molecule has 0 fully saturated rings. The lowest BCUT2D eigenvalue weighted by atomic mass is 10.1. The zero-order valence-electron chi connectivity index (χ0n) is 19.9. The summed E-state index contributed by atoms with van der Waals surface area (Å²) in [5.41, 5.74) is 1.65. The molecule has 8 heteroatoms. The fourth-order valence-corrected chi connectivity index (χ4v) is 3.88. The van der Waals surface area contributed by atoms with E-state index in [0.29, 0.717) is 29.8 Å². The van der Waals surface area contributed by atoms with Gasteiger partial charge in [0.1, 0.15) is 11.8 Å². The Morgan fingerprint density at radius 3 is 2.21 bits per heavy atom. The maximum Gasteiger partial charge on any atom is 0.261 e. The van der Waals surface area contributed by atoms with Gasteiger partial charge in [-0.3, -0.25) is 24.1 Å². The van der Waals surface area contributed by atoms with Gasteiger partial charge in [0, 0.05) is 26.1 Å². The largest absolute Gasteiger partial charge is 0.497 e. The maximum atomic E-state index is 13.2. The smallest absolute Gasteiger partial charge is 0.261 e. The first-order valence-electron chi connectivity index (χ1n) is 11.5. The summed E-state index contributed by atoms with van der Waals surface area (Å²) < 4.78 is 5.19. The van der Waals surface area contributed by atoms with Crippen molar-refractivity contribution in [2.24, 2.45) is 0 Å². The number of hydrogen-bond donors (Lipinski definition) is 1. The van der Waals surface area contributed by atoms with Gasteiger partial charge in [0.2, 0.25) is 11.8 Å². The Kier molecular flexibility index (Phi) is 8.40. The average Bonchev–Trinajstić information content (AvgIpc) is 3.10. The molecule has 0 spiro atoms. The first-order valence-corrected chi connectivity index (χ1v) is 11.5. The van der Waals surface area contributed by atoms with E-state index in [1.54, 1.807) is 38.3 Å². The minimum absolute atomic E-state index is 0.106. The maximum absolute atomic E-state index is 13.2. The third-order valence-electron chi connectivity index (χ3n) is 5.88. The molecule has 0 aliphatic carbocycles. The van der Waals surface area contributed by atoms with Crippen LogP contribution in [-0.4, -0.2) is 59.7 Å². The summed E-state index contributed by atoms with van der Waals surface area (Å²) in [6.45, 7) is 4.61. The second-order valence-corrected chi connectivity index (χ2v) is 8.25. The van der Waals surface area contributed by atoms with Gasteiger partial charge in [-0.15, -0.1) is 0 Å². The van der Waals surface area contributed by atoms with E-state index in [9.17, 15) is 19.2 Å². The molecule has 0 aromatic heterocycles. The van der Waals surface area contributed by atoms with Crippen molar-refractivity contribution in [2.45, 2.75) is 45.7 Å². The minimum Gasteiger partial charge on any atom is -0.497 e. The lowest BCUT2D eigenvalue weighted by molar-refractivity contribution is -0.140. The van der Waals surface area contributed by atoms with Crippen LogP contribution in [0.5, 0.6) is 5.75 Å². The Bertz CT molecular complexity index is 1020. The lowest BCUT2D eigenvalue weighted by Gasteiger charge is -2.29. The molecule has 1 aliphatic rings. The van der Waals surface area contributed by atoms with Crippen molar-refractivity contribution in [3.63, 3.8) is 0 Å². The lowest BCUT2D eigenvalue weighted by Crippen LogP contribution is -2.47. The molecule has 180 valence electrons. The number of methoxy groups -OCH3 is 1. The molecular weight excluding hydrogens is 434 g/mol. The highest BCUT2D eigenvalue weighted by Gasteiger charge is 2.35. The molecule has 3 rings (SSSR count). The first kappa shape index (κ1) is 25.0. The summed E-state index contributed by atoms with van der Waals surface area (Å²) in [7, 11) is 1.58. The molecule has 1 N–H and O–H groups in total. The van der Waals surface area contributed by atoms with Gasteiger partial charge in [-0.25, -0.2) is 0 Å². The van der Waals surface area contributed by atoms with Crippen LogP contribution in [0.3, 0.4) is 0 Å². The van der Waals surface area contributed by atoms with Crippen LogP contribution in [0, 0.1) is 0 Å². The molecule has 34 heavy (non-hydrogen) atoms. The number of ether oxygens (including phenoxy) is 1. The van der Waals surface area contributed by atoms with Crippen molar-refractivity contribution in [3.05, 3.63) is 65.2 Å². The number of nitrogens with one attached hydrogen (secondary N) is 1. The predicted molar refractivity (Wildman–Crippen MR) is 127 cm³/mol. The van der Waals surface area contributed by atoms with E-state index in [4.69, 9.17) is 4.74 Å². The van der Waals surface area contributed by atoms with Gasteiger partial charge < -0.3 is 15.0 Å². The third-order valence-corrected chi connectivity index (χ3v) is 5.88. The Hall–Kier alpha value is -3.68. The SMILES string of the molecule is CCCNC(=O)[C@H](C)N(Cc1ccc(OC)cc1)C(=O)CCCN1C(=O)c2ccccc2C1=O. The summed E-state index contributed by atoms with van der Waals surface area (Å²) >= 11 is 0. The Labute approximate surface area is 199 Å². The summed E-state index contributed by atoms with van der Waals surface area (Å²) in [6.07, 6.45) is 1.22. The zero-order chi connectivity index (χ0) is 24.7. The number of carbonyl (C=O) groups excluding carboxylic acids is 4. The predicted octanol–water partition coefficient (Wildman–Crippen LogP) is 3.01. The van der Waals surface area contributed by atoms with Crippen LogP contribution in [0.2, 0.25) is 0 Å². The molecule has 2 aromatic carbocycles. The van der Waals surface area contributed by atoms with Crippen LogP contribution in [0.25, 0.3) is 0 Å². The van der Waals surface area contributed by atoms with E-state index in [2.05, 4.69) is 5.32 Å². The zero-order valence-corrected chi connectivity index (χ0v) is 19.9. The summed E-state index contributed by atoms with van der Waals surface area (Å²) in [6, 6.07) is 13.4. The van der Waals surface area contributed by atoms with Crippen molar-refractivity contribution in [1.82, 2.24) is 15.1 Å². The number of nitrogens with zero attached hydrogens (tertiary/aromatic N) is 2. The van der Waals surface area contributed by atoms with E-state index in [-0.39, 0.29) is 43.1 Å². The van der Waals surface area contributed by atoms with Crippen LogP contribution >= 0.6 is 0 Å². The highest BCUT2D eigenvalue weighted by molar-refractivity contribution is 6.21. The normalized spacial score (nSPS) is 13.4. The summed E-state index contributed by atoms with van der Waals surface area (Å²) in [5, 5.41) is 2.84.